The Bertz CT molecular complexity index is 599. The van der Waals surface area contributed by atoms with E-state index in [0.717, 1.165) is 10.0 Å². The van der Waals surface area contributed by atoms with E-state index >= 15 is 0 Å². The van der Waals surface area contributed by atoms with Crippen molar-refractivity contribution in [3.8, 4) is 0 Å². The molecule has 0 heterocycles. The fraction of sp³-hybridized carbons (Fsp3) is 0.188. The minimum Gasteiger partial charge on any atom is -0.352 e. The van der Waals surface area contributed by atoms with Gasteiger partial charge in [-0.05, 0) is 30.2 Å². The number of nitrogens with one attached hydrogen (secondary N) is 1. The lowest BCUT2D eigenvalue weighted by Crippen LogP contribution is -2.27. The molecule has 3 nitrogen and oxygen atoms in total. The summed E-state index contributed by atoms with van der Waals surface area (Å²) >= 11 is 9.25. The van der Waals surface area contributed by atoms with Crippen LogP contribution in [0.2, 0.25) is 5.02 Å². The van der Waals surface area contributed by atoms with Crippen molar-refractivity contribution in [2.75, 3.05) is 6.54 Å². The molecule has 1 amide bonds. The number of carbonyl (C=O) groups excluding carboxylic acids is 1. The number of hydrogen-bond donors (Lipinski definition) is 2. The third-order valence-electron chi connectivity index (χ3n) is 3.09. The van der Waals surface area contributed by atoms with Gasteiger partial charge in [0.05, 0.1) is 0 Å². The van der Waals surface area contributed by atoms with Gasteiger partial charge in [0.2, 0.25) is 0 Å². The molecule has 0 saturated heterocycles. The van der Waals surface area contributed by atoms with Gasteiger partial charge >= 0.3 is 0 Å². The van der Waals surface area contributed by atoms with E-state index in [1.807, 2.05) is 30.3 Å². The average molecular weight is 368 g/mol. The van der Waals surface area contributed by atoms with Gasteiger partial charge in [0.1, 0.15) is 0 Å². The minimum absolute atomic E-state index is 0.0856. The van der Waals surface area contributed by atoms with Crippen LogP contribution in [0.1, 0.15) is 28.4 Å². The van der Waals surface area contributed by atoms with Crippen LogP contribution in [0.15, 0.2) is 53.0 Å². The Morgan fingerprint density at radius 3 is 2.62 bits per heavy atom. The summed E-state index contributed by atoms with van der Waals surface area (Å²) in [5.41, 5.74) is 7.69. The van der Waals surface area contributed by atoms with Crippen LogP contribution in [0.25, 0.3) is 0 Å². The van der Waals surface area contributed by atoms with Gasteiger partial charge in [0.15, 0.2) is 0 Å². The molecule has 2 aromatic carbocycles. The van der Waals surface area contributed by atoms with E-state index in [2.05, 4.69) is 21.2 Å². The highest BCUT2D eigenvalue weighted by Crippen LogP contribution is 2.19. The van der Waals surface area contributed by atoms with E-state index in [0.29, 0.717) is 23.6 Å². The fourth-order valence-electron chi connectivity index (χ4n) is 2.00. The van der Waals surface area contributed by atoms with Gasteiger partial charge in [-0.25, -0.2) is 0 Å². The number of benzene rings is 2. The van der Waals surface area contributed by atoms with Crippen molar-refractivity contribution >= 4 is 33.4 Å². The van der Waals surface area contributed by atoms with Gasteiger partial charge in [-0.3, -0.25) is 4.79 Å². The van der Waals surface area contributed by atoms with Gasteiger partial charge in [0.25, 0.3) is 5.91 Å². The molecule has 1 unspecified atom stereocenters. The first kappa shape index (κ1) is 16.0. The summed E-state index contributed by atoms with van der Waals surface area (Å²) in [6, 6.07) is 14.9. The van der Waals surface area contributed by atoms with Crippen molar-refractivity contribution in [2.24, 2.45) is 5.73 Å². The summed E-state index contributed by atoms with van der Waals surface area (Å²) in [6.45, 7) is 0.513. The Kier molecular flexibility index (Phi) is 5.79. The number of hydrogen-bond acceptors (Lipinski definition) is 2. The molecule has 110 valence electrons. The van der Waals surface area contributed by atoms with Crippen molar-refractivity contribution in [1.29, 1.82) is 0 Å². The number of amides is 1. The third-order valence-corrected chi connectivity index (χ3v) is 3.77. The number of rotatable bonds is 5. The van der Waals surface area contributed by atoms with Gasteiger partial charge < -0.3 is 11.1 Å². The summed E-state index contributed by atoms with van der Waals surface area (Å²) in [7, 11) is 0. The van der Waals surface area contributed by atoms with Crippen LogP contribution < -0.4 is 11.1 Å². The average Bonchev–Trinajstić information content (AvgIpc) is 2.47. The molecule has 0 radical (unpaired) electrons. The van der Waals surface area contributed by atoms with Crippen LogP contribution >= 0.6 is 27.5 Å². The molecule has 5 heteroatoms. The molecule has 0 spiro atoms. The molecule has 0 aliphatic carbocycles. The van der Waals surface area contributed by atoms with Crippen LogP contribution in [-0.2, 0) is 0 Å². The molecule has 0 aromatic heterocycles. The van der Waals surface area contributed by atoms with Crippen LogP contribution in [0.5, 0.6) is 0 Å². The topological polar surface area (TPSA) is 55.1 Å². The first-order valence-corrected chi connectivity index (χ1v) is 7.78. The van der Waals surface area contributed by atoms with E-state index in [4.69, 9.17) is 17.3 Å². The van der Waals surface area contributed by atoms with E-state index in [9.17, 15) is 4.79 Å². The number of nitrogens with two attached hydrogens (primary N) is 1. The van der Waals surface area contributed by atoms with Crippen molar-refractivity contribution in [1.82, 2.24) is 5.32 Å². The highest BCUT2D eigenvalue weighted by molar-refractivity contribution is 9.10. The van der Waals surface area contributed by atoms with Gasteiger partial charge in [-0.1, -0.05) is 57.9 Å². The predicted octanol–water partition coefficient (Wildman–Crippen LogP) is 3.92. The second-order valence-corrected chi connectivity index (χ2v) is 6.07. The van der Waals surface area contributed by atoms with E-state index in [1.54, 1.807) is 18.2 Å². The molecule has 2 aromatic rings. The molecule has 3 N–H and O–H groups in total. The predicted molar refractivity (Wildman–Crippen MR) is 89.5 cm³/mol. The van der Waals surface area contributed by atoms with Crippen molar-refractivity contribution < 1.29 is 4.79 Å². The Morgan fingerprint density at radius 1 is 1.24 bits per heavy atom. The Morgan fingerprint density at radius 2 is 1.95 bits per heavy atom. The second kappa shape index (κ2) is 7.59. The summed E-state index contributed by atoms with van der Waals surface area (Å²) in [5, 5.41) is 3.38. The standard InChI is InChI=1S/C16H16BrClN2O/c17-13-8-12(9-14(18)10-13)16(21)20-7-6-15(19)11-4-2-1-3-5-11/h1-5,8-10,15H,6-7,19H2,(H,20,21). The number of halogens is 2. The van der Waals surface area contributed by atoms with Crippen LogP contribution in [0.4, 0.5) is 0 Å². The summed E-state index contributed by atoms with van der Waals surface area (Å²) in [4.78, 5) is 12.0. The molecule has 2 rings (SSSR count). The molecule has 0 aliphatic rings. The zero-order valence-electron chi connectivity index (χ0n) is 11.4. The normalized spacial score (nSPS) is 12.0. The summed E-state index contributed by atoms with van der Waals surface area (Å²) < 4.78 is 0.779. The van der Waals surface area contributed by atoms with Gasteiger partial charge in [-0.15, -0.1) is 0 Å². The van der Waals surface area contributed by atoms with E-state index in [-0.39, 0.29) is 11.9 Å². The van der Waals surface area contributed by atoms with Crippen molar-refractivity contribution in [3.05, 3.63) is 69.2 Å². The highest BCUT2D eigenvalue weighted by atomic mass is 79.9. The summed E-state index contributed by atoms with van der Waals surface area (Å²) in [6.07, 6.45) is 0.678. The first-order valence-electron chi connectivity index (χ1n) is 6.61. The zero-order valence-corrected chi connectivity index (χ0v) is 13.7. The van der Waals surface area contributed by atoms with Crippen molar-refractivity contribution in [3.63, 3.8) is 0 Å². The molecular formula is C16H16BrClN2O. The first-order chi connectivity index (χ1) is 10.1. The maximum absolute atomic E-state index is 12.0. The smallest absolute Gasteiger partial charge is 0.251 e. The maximum atomic E-state index is 12.0. The molecule has 0 aliphatic heterocycles. The maximum Gasteiger partial charge on any atom is 0.251 e. The quantitative estimate of drug-likeness (QED) is 0.841. The molecule has 0 fully saturated rings. The second-order valence-electron chi connectivity index (χ2n) is 4.72. The Labute approximate surface area is 137 Å². The van der Waals surface area contributed by atoms with Gasteiger partial charge in [0, 0.05) is 27.6 Å². The van der Waals surface area contributed by atoms with Gasteiger partial charge in [-0.2, -0.15) is 0 Å². The largest absolute Gasteiger partial charge is 0.352 e. The third kappa shape index (κ3) is 4.84. The Hall–Kier alpha value is -1.36. The lowest BCUT2D eigenvalue weighted by atomic mass is 10.1. The van der Waals surface area contributed by atoms with Crippen molar-refractivity contribution in [2.45, 2.75) is 12.5 Å². The summed E-state index contributed by atoms with van der Waals surface area (Å²) in [5.74, 6) is -0.154. The van der Waals surface area contributed by atoms with Crippen LogP contribution in [0.3, 0.4) is 0 Å². The monoisotopic (exact) mass is 366 g/mol. The molecule has 21 heavy (non-hydrogen) atoms. The number of carbonyl (C=O) groups is 1. The van der Waals surface area contributed by atoms with Crippen LogP contribution in [-0.4, -0.2) is 12.5 Å². The minimum atomic E-state index is -0.154. The van der Waals surface area contributed by atoms with E-state index in [1.165, 1.54) is 0 Å². The molecular weight excluding hydrogens is 352 g/mol. The fourth-order valence-corrected chi connectivity index (χ4v) is 2.86. The zero-order chi connectivity index (χ0) is 15.2. The molecule has 0 bridgehead atoms. The van der Waals surface area contributed by atoms with E-state index < -0.39 is 0 Å². The molecule has 0 saturated carbocycles. The Balaban J connectivity index is 1.87. The van der Waals surface area contributed by atoms with Crippen LogP contribution in [0, 0.1) is 0 Å². The highest BCUT2D eigenvalue weighted by Gasteiger charge is 2.09. The lowest BCUT2D eigenvalue weighted by Gasteiger charge is -2.12. The lowest BCUT2D eigenvalue weighted by molar-refractivity contribution is 0.0952. The SMILES string of the molecule is NC(CCNC(=O)c1cc(Cl)cc(Br)c1)c1ccccc1. The molecule has 1 atom stereocenters.